The van der Waals surface area contributed by atoms with E-state index in [9.17, 15) is 13.6 Å². The third kappa shape index (κ3) is 2.18. The van der Waals surface area contributed by atoms with Crippen molar-refractivity contribution in [2.45, 2.75) is 31.1 Å². The summed E-state index contributed by atoms with van der Waals surface area (Å²) in [4.78, 5) is 11.9. The Labute approximate surface area is 118 Å². The third-order valence-corrected chi connectivity index (χ3v) is 4.76. The molecular formula is C14H14BrF2NO. The number of nitrogens with one attached hydrogen (secondary N) is 1. The number of rotatable bonds is 3. The zero-order chi connectivity index (χ0) is 13.6. The topological polar surface area (TPSA) is 29.1 Å². The van der Waals surface area contributed by atoms with Crippen molar-refractivity contribution < 1.29 is 13.6 Å². The molecule has 0 heterocycles. The lowest BCUT2D eigenvalue weighted by Crippen LogP contribution is -2.31. The number of hydrogen-bond acceptors (Lipinski definition) is 1. The maximum atomic E-state index is 12.1. The van der Waals surface area contributed by atoms with Gasteiger partial charge in [-0.3, -0.25) is 4.79 Å². The first kappa shape index (κ1) is 13.0. The number of carbonyl (C=O) groups is 1. The van der Waals surface area contributed by atoms with Crippen molar-refractivity contribution >= 4 is 21.8 Å². The lowest BCUT2D eigenvalue weighted by molar-refractivity contribution is -0.123. The number of aryl methyl sites for hydroxylation is 1. The van der Waals surface area contributed by atoms with Gasteiger partial charge >= 0.3 is 0 Å². The van der Waals surface area contributed by atoms with E-state index in [1.165, 1.54) is 11.1 Å². The number of benzene rings is 1. The van der Waals surface area contributed by atoms with Gasteiger partial charge in [0.2, 0.25) is 5.91 Å². The fourth-order valence-corrected chi connectivity index (χ4v) is 3.68. The number of carbonyl (C=O) groups excluding carboxylic acids is 1. The molecule has 1 amide bonds. The van der Waals surface area contributed by atoms with Crippen LogP contribution >= 0.6 is 15.9 Å². The Morgan fingerprint density at radius 3 is 3.05 bits per heavy atom. The molecule has 3 rings (SSSR count). The summed E-state index contributed by atoms with van der Waals surface area (Å²) in [6, 6.07) is 6.14. The molecular weight excluding hydrogens is 316 g/mol. The summed E-state index contributed by atoms with van der Waals surface area (Å²) in [7, 11) is 0. The van der Waals surface area contributed by atoms with Crippen molar-refractivity contribution in [2.24, 2.45) is 5.92 Å². The molecule has 19 heavy (non-hydrogen) atoms. The predicted molar refractivity (Wildman–Crippen MR) is 71.3 cm³/mol. The van der Waals surface area contributed by atoms with Crippen LogP contribution < -0.4 is 5.32 Å². The van der Waals surface area contributed by atoms with Crippen molar-refractivity contribution in [3.05, 3.63) is 33.8 Å². The Morgan fingerprint density at radius 1 is 1.53 bits per heavy atom. The molecule has 102 valence electrons. The van der Waals surface area contributed by atoms with Gasteiger partial charge in [-0.25, -0.2) is 8.78 Å². The van der Waals surface area contributed by atoms with Crippen LogP contribution in [0.25, 0.3) is 0 Å². The van der Waals surface area contributed by atoms with Crippen molar-refractivity contribution in [2.75, 3.05) is 6.54 Å². The molecule has 2 aliphatic rings. The first-order valence-corrected chi connectivity index (χ1v) is 7.17. The van der Waals surface area contributed by atoms with E-state index in [4.69, 9.17) is 0 Å². The second-order valence-electron chi connectivity index (χ2n) is 5.35. The van der Waals surface area contributed by atoms with Crippen LogP contribution in [0.15, 0.2) is 22.7 Å². The van der Waals surface area contributed by atoms with E-state index < -0.39 is 13.0 Å². The highest BCUT2D eigenvalue weighted by Gasteiger charge is 2.61. The monoisotopic (exact) mass is 329 g/mol. The molecule has 1 aromatic rings. The van der Waals surface area contributed by atoms with Crippen LogP contribution in [0.2, 0.25) is 0 Å². The van der Waals surface area contributed by atoms with E-state index in [2.05, 4.69) is 33.4 Å². The van der Waals surface area contributed by atoms with Gasteiger partial charge in [0.1, 0.15) is 0 Å². The lowest BCUT2D eigenvalue weighted by atomic mass is 9.95. The van der Waals surface area contributed by atoms with Crippen LogP contribution in [0.1, 0.15) is 24.0 Å². The molecule has 2 nitrogen and oxygen atoms in total. The largest absolute Gasteiger partial charge is 0.350 e. The second-order valence-corrected chi connectivity index (χ2v) is 6.27. The van der Waals surface area contributed by atoms with E-state index in [1.54, 1.807) is 0 Å². The van der Waals surface area contributed by atoms with Gasteiger partial charge in [-0.15, -0.1) is 0 Å². The fraction of sp³-hybridized carbons (Fsp3) is 0.500. The molecule has 1 aromatic carbocycles. The van der Waals surface area contributed by atoms with Crippen LogP contribution in [0.3, 0.4) is 0 Å². The fourth-order valence-electron chi connectivity index (χ4n) is 3.27. The molecule has 1 N–H and O–H groups in total. The molecule has 2 atom stereocenters. The Bertz CT molecular complexity index is 534. The average molecular weight is 330 g/mol. The minimum Gasteiger partial charge on any atom is -0.350 e. The molecule has 0 unspecified atom stereocenters. The zero-order valence-corrected chi connectivity index (χ0v) is 11.8. The summed E-state index contributed by atoms with van der Waals surface area (Å²) >= 11 is 3.45. The van der Waals surface area contributed by atoms with Gasteiger partial charge in [-0.05, 0) is 42.5 Å². The standard InChI is InChI=1S/C14H14BrF2NO/c15-9-1-2-10-8(5-9)3-4-14(10)6-11(14)13(19)18-7-12(16)17/h1-2,5,11-12H,3-4,6-7H2,(H,18,19)/t11-,14+/m0/s1. The molecule has 0 bridgehead atoms. The number of alkyl halides is 2. The van der Waals surface area contributed by atoms with Crippen molar-refractivity contribution in [3.63, 3.8) is 0 Å². The SMILES string of the molecule is O=C(NCC(F)F)[C@@H]1C[C@@]12CCc1cc(Br)ccc12. The first-order chi connectivity index (χ1) is 9.03. The van der Waals surface area contributed by atoms with Crippen molar-refractivity contribution in [1.82, 2.24) is 5.32 Å². The molecule has 0 aromatic heterocycles. The molecule has 0 saturated heterocycles. The van der Waals surface area contributed by atoms with E-state index in [0.717, 1.165) is 23.7 Å². The van der Waals surface area contributed by atoms with Crippen LogP contribution in [-0.2, 0) is 16.6 Å². The molecule has 2 aliphatic carbocycles. The summed E-state index contributed by atoms with van der Waals surface area (Å²) in [5, 5.41) is 2.34. The van der Waals surface area contributed by atoms with Gasteiger partial charge in [-0.2, -0.15) is 0 Å². The maximum Gasteiger partial charge on any atom is 0.255 e. The van der Waals surface area contributed by atoms with Gasteiger partial charge in [0.25, 0.3) is 6.43 Å². The smallest absolute Gasteiger partial charge is 0.255 e. The Morgan fingerprint density at radius 2 is 2.32 bits per heavy atom. The lowest BCUT2D eigenvalue weighted by Gasteiger charge is -2.12. The van der Waals surface area contributed by atoms with Gasteiger partial charge < -0.3 is 5.32 Å². The van der Waals surface area contributed by atoms with E-state index in [1.807, 2.05) is 6.07 Å². The predicted octanol–water partition coefficient (Wildman–Crippen LogP) is 3.03. The van der Waals surface area contributed by atoms with Crippen LogP contribution in [0, 0.1) is 5.92 Å². The summed E-state index contributed by atoms with van der Waals surface area (Å²) in [6.07, 6.45) is 0.223. The molecule has 0 radical (unpaired) electrons. The highest BCUT2D eigenvalue weighted by Crippen LogP contribution is 2.61. The Kier molecular flexibility index (Phi) is 3.12. The summed E-state index contributed by atoms with van der Waals surface area (Å²) < 4.78 is 25.3. The van der Waals surface area contributed by atoms with Crippen molar-refractivity contribution in [3.8, 4) is 0 Å². The normalized spacial score (nSPS) is 27.7. The minimum atomic E-state index is -2.48. The molecule has 1 fully saturated rings. The van der Waals surface area contributed by atoms with Crippen molar-refractivity contribution in [1.29, 1.82) is 0 Å². The molecule has 1 spiro atoms. The molecule has 5 heteroatoms. The van der Waals surface area contributed by atoms with Crippen LogP contribution in [0.4, 0.5) is 8.78 Å². The average Bonchev–Trinajstić information content (AvgIpc) is 2.98. The van der Waals surface area contributed by atoms with E-state index in [0.29, 0.717) is 0 Å². The van der Waals surface area contributed by atoms with E-state index in [-0.39, 0.29) is 17.2 Å². The van der Waals surface area contributed by atoms with Gasteiger partial charge in [0.15, 0.2) is 0 Å². The number of hydrogen-bond donors (Lipinski definition) is 1. The van der Waals surface area contributed by atoms with Crippen LogP contribution in [-0.4, -0.2) is 18.9 Å². The Balaban J connectivity index is 1.74. The quantitative estimate of drug-likeness (QED) is 0.907. The summed E-state index contributed by atoms with van der Waals surface area (Å²) in [5.74, 6) is -0.357. The minimum absolute atomic E-state index is 0.0811. The number of amides is 1. The van der Waals surface area contributed by atoms with Gasteiger partial charge in [0, 0.05) is 15.8 Å². The third-order valence-electron chi connectivity index (χ3n) is 4.27. The van der Waals surface area contributed by atoms with Gasteiger partial charge in [0.05, 0.1) is 6.54 Å². The number of fused-ring (bicyclic) bond motifs is 2. The van der Waals surface area contributed by atoms with Gasteiger partial charge in [-0.1, -0.05) is 22.0 Å². The Hall–Kier alpha value is -0.970. The second kappa shape index (κ2) is 4.54. The summed E-state index contributed by atoms with van der Waals surface area (Å²) in [5.41, 5.74) is 2.42. The first-order valence-electron chi connectivity index (χ1n) is 6.38. The zero-order valence-electron chi connectivity index (χ0n) is 10.3. The van der Waals surface area contributed by atoms with E-state index >= 15 is 0 Å². The van der Waals surface area contributed by atoms with Crippen LogP contribution in [0.5, 0.6) is 0 Å². The highest BCUT2D eigenvalue weighted by molar-refractivity contribution is 9.10. The maximum absolute atomic E-state index is 12.1. The number of halogens is 3. The highest BCUT2D eigenvalue weighted by atomic mass is 79.9. The molecule has 0 aliphatic heterocycles. The molecule has 1 saturated carbocycles. The summed E-state index contributed by atoms with van der Waals surface area (Å²) in [6.45, 7) is -0.543.